The number of carboxylic acid groups (broad SMARTS) is 1. The molecule has 0 fully saturated rings. The van der Waals surface area contributed by atoms with Crippen molar-refractivity contribution in [2.75, 3.05) is 16.8 Å². The van der Waals surface area contributed by atoms with Crippen molar-refractivity contribution in [2.45, 2.75) is 19.6 Å². The lowest BCUT2D eigenvalue weighted by Crippen LogP contribution is -2.32. The van der Waals surface area contributed by atoms with Gasteiger partial charge in [-0.1, -0.05) is 0 Å². The number of nitrogens with one attached hydrogen (secondary N) is 1. The molecule has 0 spiro atoms. The Morgan fingerprint density at radius 3 is 2.83 bits per heavy atom. The van der Waals surface area contributed by atoms with E-state index in [2.05, 4.69) is 30.4 Å². The predicted octanol–water partition coefficient (Wildman–Crippen LogP) is 2.61. The Kier molecular flexibility index (Phi) is 5.17. The van der Waals surface area contributed by atoms with Crippen molar-refractivity contribution in [1.29, 1.82) is 5.26 Å². The molecule has 0 saturated heterocycles. The van der Waals surface area contributed by atoms with Gasteiger partial charge >= 0.3 is 5.97 Å². The molecule has 1 aliphatic heterocycles. The third kappa shape index (κ3) is 3.73. The highest BCUT2D eigenvalue weighted by molar-refractivity contribution is 5.85. The number of hydrogen-bond acceptors (Lipinski definition) is 8. The van der Waals surface area contributed by atoms with Crippen LogP contribution in [-0.4, -0.2) is 37.8 Å². The molecule has 0 amide bonds. The Morgan fingerprint density at radius 1 is 1.27 bits per heavy atom. The summed E-state index contributed by atoms with van der Waals surface area (Å²) in [5, 5.41) is 28.6. The van der Waals surface area contributed by atoms with Crippen LogP contribution in [0.5, 0.6) is 0 Å². The van der Waals surface area contributed by atoms with Crippen LogP contribution in [0.1, 0.15) is 32.9 Å². The third-order valence-corrected chi connectivity index (χ3v) is 4.86. The van der Waals surface area contributed by atoms with Crippen molar-refractivity contribution < 1.29 is 14.3 Å². The highest BCUT2D eigenvalue weighted by atomic mass is 19.1. The van der Waals surface area contributed by atoms with E-state index in [0.717, 1.165) is 16.9 Å². The number of nitrogens with zero attached hydrogens (tertiary/aromatic N) is 6. The number of carbonyl (C=O) groups is 1. The first-order chi connectivity index (χ1) is 14.6. The maximum atomic E-state index is 13.2. The van der Waals surface area contributed by atoms with Crippen LogP contribution >= 0.6 is 0 Å². The van der Waals surface area contributed by atoms with Gasteiger partial charge in [0, 0.05) is 23.4 Å². The molecule has 3 heterocycles. The lowest BCUT2D eigenvalue weighted by molar-refractivity contribution is 0.0689. The first-order valence-electron chi connectivity index (χ1n) is 9.09. The van der Waals surface area contributed by atoms with Crippen LogP contribution in [0.4, 0.5) is 21.7 Å². The quantitative estimate of drug-likeness (QED) is 0.658. The molecule has 1 aliphatic rings. The van der Waals surface area contributed by atoms with Crippen LogP contribution in [0.3, 0.4) is 0 Å². The summed E-state index contributed by atoms with van der Waals surface area (Å²) in [5.41, 5.74) is 3.14. The van der Waals surface area contributed by atoms with E-state index < -0.39 is 12.6 Å². The number of aromatic nitrogens is 4. The normalized spacial score (nSPS) is 12.7. The van der Waals surface area contributed by atoms with Gasteiger partial charge in [-0.3, -0.25) is 0 Å². The van der Waals surface area contributed by atoms with Crippen molar-refractivity contribution in [3.05, 3.63) is 64.7 Å². The number of alkyl halides is 1. The van der Waals surface area contributed by atoms with E-state index >= 15 is 0 Å². The SMILES string of the molecule is N#Cc1ccc(N2CCc3c(ncnc3Nc3ccc(C(=O)O)nn3)C2)cc1CF. The first kappa shape index (κ1) is 19.2. The molecule has 150 valence electrons. The zero-order chi connectivity index (χ0) is 21.1. The topological polar surface area (TPSA) is 128 Å². The standard InChI is InChI=1S/C20H16FN7O2/c21-8-13-7-14(2-1-12(13)9-22)28-6-5-15-17(10-28)23-11-24-19(15)25-18-4-3-16(20(29)30)26-27-18/h1-4,7,11H,5-6,8,10H2,(H,29,30)(H,23,24,25,27). The van der Waals surface area contributed by atoms with Crippen LogP contribution in [-0.2, 0) is 19.6 Å². The molecule has 9 nitrogen and oxygen atoms in total. The van der Waals surface area contributed by atoms with Crippen molar-refractivity contribution in [2.24, 2.45) is 0 Å². The Bertz CT molecular complexity index is 1140. The zero-order valence-electron chi connectivity index (χ0n) is 15.7. The lowest BCUT2D eigenvalue weighted by Gasteiger charge is -2.31. The molecule has 10 heteroatoms. The maximum Gasteiger partial charge on any atom is 0.356 e. The van der Waals surface area contributed by atoms with Gasteiger partial charge in [0.25, 0.3) is 0 Å². The molecule has 2 aromatic heterocycles. The summed E-state index contributed by atoms with van der Waals surface area (Å²) in [5.74, 6) is -0.184. The highest BCUT2D eigenvalue weighted by Gasteiger charge is 2.22. The molecule has 0 saturated carbocycles. The minimum Gasteiger partial charge on any atom is -0.476 e. The van der Waals surface area contributed by atoms with Crippen LogP contribution < -0.4 is 10.2 Å². The Hall–Kier alpha value is -4.13. The molecule has 4 rings (SSSR count). The van der Waals surface area contributed by atoms with E-state index in [0.29, 0.717) is 42.3 Å². The molecule has 0 atom stereocenters. The molecule has 0 unspecified atom stereocenters. The molecule has 2 N–H and O–H groups in total. The van der Waals surface area contributed by atoms with E-state index in [1.54, 1.807) is 12.1 Å². The van der Waals surface area contributed by atoms with Gasteiger partial charge in [-0.2, -0.15) is 5.26 Å². The minimum absolute atomic E-state index is 0.143. The number of fused-ring (bicyclic) bond motifs is 1. The van der Waals surface area contributed by atoms with Crippen molar-refractivity contribution >= 4 is 23.3 Å². The molecular weight excluding hydrogens is 389 g/mol. The number of hydrogen-bond donors (Lipinski definition) is 2. The fourth-order valence-corrected chi connectivity index (χ4v) is 3.31. The fourth-order valence-electron chi connectivity index (χ4n) is 3.31. The van der Waals surface area contributed by atoms with Crippen LogP contribution in [0.2, 0.25) is 0 Å². The van der Waals surface area contributed by atoms with Gasteiger partial charge < -0.3 is 15.3 Å². The summed E-state index contributed by atoms with van der Waals surface area (Å²) in [6.07, 6.45) is 2.08. The number of benzene rings is 1. The van der Waals surface area contributed by atoms with Crippen LogP contribution in [0.15, 0.2) is 36.7 Å². The summed E-state index contributed by atoms with van der Waals surface area (Å²) >= 11 is 0. The van der Waals surface area contributed by atoms with Crippen molar-refractivity contribution in [3.63, 3.8) is 0 Å². The van der Waals surface area contributed by atoms with Crippen LogP contribution in [0.25, 0.3) is 0 Å². The van der Waals surface area contributed by atoms with E-state index in [-0.39, 0.29) is 5.69 Å². The number of halogens is 1. The molecule has 3 aromatic rings. The summed E-state index contributed by atoms with van der Waals surface area (Å²) in [6, 6.07) is 10.0. The van der Waals surface area contributed by atoms with Gasteiger partial charge in [0.05, 0.1) is 23.9 Å². The van der Waals surface area contributed by atoms with E-state index in [1.807, 2.05) is 12.1 Å². The van der Waals surface area contributed by atoms with Gasteiger partial charge in [-0.05, 0) is 36.8 Å². The number of carboxylic acids is 1. The monoisotopic (exact) mass is 405 g/mol. The Labute approximate surface area is 170 Å². The predicted molar refractivity (Wildman–Crippen MR) is 105 cm³/mol. The molecule has 1 aromatic carbocycles. The largest absolute Gasteiger partial charge is 0.476 e. The molecular formula is C20H16FN7O2. The van der Waals surface area contributed by atoms with E-state index in [1.165, 1.54) is 18.5 Å². The molecule has 30 heavy (non-hydrogen) atoms. The minimum atomic E-state index is -1.15. The first-order valence-corrected chi connectivity index (χ1v) is 9.09. The summed E-state index contributed by atoms with van der Waals surface area (Å²) < 4.78 is 13.2. The molecule has 0 radical (unpaired) electrons. The maximum absolute atomic E-state index is 13.2. The second kappa shape index (κ2) is 8.08. The van der Waals surface area contributed by atoms with Gasteiger partial charge in [0.1, 0.15) is 18.8 Å². The second-order valence-corrected chi connectivity index (χ2v) is 6.64. The third-order valence-electron chi connectivity index (χ3n) is 4.86. The second-order valence-electron chi connectivity index (χ2n) is 6.64. The summed E-state index contributed by atoms with van der Waals surface area (Å²) in [6.45, 7) is 0.475. The highest BCUT2D eigenvalue weighted by Crippen LogP contribution is 2.29. The number of rotatable bonds is 5. The summed E-state index contributed by atoms with van der Waals surface area (Å²) in [7, 11) is 0. The van der Waals surface area contributed by atoms with Crippen LogP contribution in [0, 0.1) is 11.3 Å². The Balaban J connectivity index is 1.56. The van der Waals surface area contributed by atoms with Crippen molar-refractivity contribution in [1.82, 2.24) is 20.2 Å². The smallest absolute Gasteiger partial charge is 0.356 e. The van der Waals surface area contributed by atoms with E-state index in [4.69, 9.17) is 10.4 Å². The zero-order valence-corrected chi connectivity index (χ0v) is 15.7. The van der Waals surface area contributed by atoms with E-state index in [9.17, 15) is 9.18 Å². The Morgan fingerprint density at radius 2 is 2.13 bits per heavy atom. The summed E-state index contributed by atoms with van der Waals surface area (Å²) in [4.78, 5) is 21.6. The molecule has 0 bridgehead atoms. The fraction of sp³-hybridized carbons (Fsp3) is 0.200. The number of nitriles is 1. The lowest BCUT2D eigenvalue weighted by atomic mass is 10.0. The molecule has 0 aliphatic carbocycles. The number of anilines is 3. The van der Waals surface area contributed by atoms with Crippen molar-refractivity contribution in [3.8, 4) is 6.07 Å². The average Bonchev–Trinajstić information content (AvgIpc) is 2.78. The van der Waals surface area contributed by atoms with Gasteiger partial charge in [0.15, 0.2) is 11.5 Å². The van der Waals surface area contributed by atoms with Gasteiger partial charge in [-0.25, -0.2) is 19.2 Å². The van der Waals surface area contributed by atoms with Gasteiger partial charge in [-0.15, -0.1) is 10.2 Å². The average molecular weight is 405 g/mol. The number of aromatic carboxylic acids is 1. The van der Waals surface area contributed by atoms with Gasteiger partial charge in [0.2, 0.25) is 0 Å².